The van der Waals surface area contributed by atoms with E-state index >= 15 is 0 Å². The lowest BCUT2D eigenvalue weighted by atomic mass is 10.00. The maximum Gasteiger partial charge on any atom is 0.224 e. The van der Waals surface area contributed by atoms with Crippen molar-refractivity contribution in [3.63, 3.8) is 0 Å². The zero-order valence-corrected chi connectivity index (χ0v) is 15.2. The van der Waals surface area contributed by atoms with Crippen molar-refractivity contribution in [3.8, 4) is 22.6 Å². The lowest BCUT2D eigenvalue weighted by Crippen LogP contribution is -1.98. The van der Waals surface area contributed by atoms with Crippen molar-refractivity contribution in [2.45, 2.75) is 6.92 Å². The van der Waals surface area contributed by atoms with Crippen LogP contribution < -0.4 is 0 Å². The Kier molecular flexibility index (Phi) is 4.00. The molecule has 5 nitrogen and oxygen atoms in total. The zero-order valence-electron chi connectivity index (χ0n) is 13.6. The zero-order chi connectivity index (χ0) is 19.3. The Morgan fingerprint density at radius 1 is 1.11 bits per heavy atom. The van der Waals surface area contributed by atoms with E-state index < -0.39 is 23.0 Å². The van der Waals surface area contributed by atoms with Gasteiger partial charge in [0.1, 0.15) is 11.6 Å². The van der Waals surface area contributed by atoms with E-state index in [0.29, 0.717) is 21.8 Å². The molecule has 27 heavy (non-hydrogen) atoms. The molecule has 0 saturated heterocycles. The molecule has 4 rings (SSSR count). The number of nitrogens with one attached hydrogen (secondary N) is 1. The van der Waals surface area contributed by atoms with Gasteiger partial charge < -0.3 is 4.42 Å². The van der Waals surface area contributed by atoms with Crippen LogP contribution in [0.3, 0.4) is 0 Å². The van der Waals surface area contributed by atoms with Crippen molar-refractivity contribution in [2.24, 2.45) is 0 Å². The number of benzene rings is 1. The van der Waals surface area contributed by atoms with E-state index in [2.05, 4.69) is 36.0 Å². The quantitative estimate of drug-likeness (QED) is 0.315. The van der Waals surface area contributed by atoms with E-state index in [1.165, 1.54) is 0 Å². The Bertz CT molecular complexity index is 1260. The standard InChI is InChI=1S/C18H8BrF3N4O/c1-7-12-14(10-5-6-11(19)27-10)16(23-2)17(24-18(12)26-25-7)13-8(20)3-4-9(21)15(13)22/h3-6H,1H3,(H,24,25,26). The number of rotatable bonds is 2. The Balaban J connectivity index is 2.20. The van der Waals surface area contributed by atoms with E-state index in [0.717, 1.165) is 6.07 Å². The van der Waals surface area contributed by atoms with Crippen LogP contribution in [0.4, 0.5) is 18.9 Å². The van der Waals surface area contributed by atoms with Crippen LogP contribution in [0.1, 0.15) is 5.69 Å². The van der Waals surface area contributed by atoms with Crippen molar-refractivity contribution < 1.29 is 17.6 Å². The molecule has 4 aromatic rings. The molecule has 0 spiro atoms. The minimum atomic E-state index is -1.42. The largest absolute Gasteiger partial charge is 0.451 e. The summed E-state index contributed by atoms with van der Waals surface area (Å²) in [5.41, 5.74) is -0.236. The topological polar surface area (TPSA) is 59.1 Å². The van der Waals surface area contributed by atoms with Crippen molar-refractivity contribution >= 4 is 32.7 Å². The van der Waals surface area contributed by atoms with E-state index in [-0.39, 0.29) is 28.4 Å². The highest BCUT2D eigenvalue weighted by Gasteiger charge is 2.27. The van der Waals surface area contributed by atoms with Gasteiger partial charge in [0.05, 0.1) is 23.5 Å². The minimum Gasteiger partial charge on any atom is -0.451 e. The summed E-state index contributed by atoms with van der Waals surface area (Å²) in [5, 5.41) is 7.20. The SMILES string of the molecule is [C-]#[N+]c1c(-c2c(F)ccc(F)c2F)nc2[nH]nc(C)c2c1-c1ccc(Br)o1. The molecular weight excluding hydrogens is 425 g/mol. The van der Waals surface area contributed by atoms with Crippen LogP contribution >= 0.6 is 15.9 Å². The molecule has 134 valence electrons. The molecular formula is C18H8BrF3N4O. The number of aromatic amines is 1. The first-order chi connectivity index (χ1) is 12.9. The summed E-state index contributed by atoms with van der Waals surface area (Å²) in [6.07, 6.45) is 0. The lowest BCUT2D eigenvalue weighted by Gasteiger charge is -2.11. The number of aromatic nitrogens is 3. The second kappa shape index (κ2) is 6.25. The summed E-state index contributed by atoms with van der Waals surface area (Å²) in [7, 11) is 0. The van der Waals surface area contributed by atoms with Crippen LogP contribution in [0.25, 0.3) is 38.5 Å². The third-order valence-corrected chi connectivity index (χ3v) is 4.50. The third kappa shape index (κ3) is 2.61. The first-order valence-corrected chi connectivity index (χ1v) is 8.37. The Hall–Kier alpha value is -3.12. The predicted octanol–water partition coefficient (Wildman–Crippen LogP) is 5.92. The molecule has 0 unspecified atom stereocenters. The van der Waals surface area contributed by atoms with Crippen LogP contribution in [-0.4, -0.2) is 15.2 Å². The van der Waals surface area contributed by atoms with Crippen molar-refractivity contribution in [1.82, 2.24) is 15.2 Å². The molecule has 0 aliphatic rings. The fourth-order valence-electron chi connectivity index (χ4n) is 2.92. The molecule has 1 aromatic carbocycles. The maximum atomic E-state index is 14.4. The van der Waals surface area contributed by atoms with Gasteiger partial charge in [-0.1, -0.05) is 0 Å². The van der Waals surface area contributed by atoms with Gasteiger partial charge in [0.2, 0.25) is 5.69 Å². The third-order valence-electron chi connectivity index (χ3n) is 4.08. The van der Waals surface area contributed by atoms with Gasteiger partial charge >= 0.3 is 0 Å². The van der Waals surface area contributed by atoms with Crippen molar-refractivity contribution in [3.05, 3.63) is 63.5 Å². The van der Waals surface area contributed by atoms with Gasteiger partial charge in [0, 0.05) is 10.9 Å². The van der Waals surface area contributed by atoms with Crippen LogP contribution in [0.5, 0.6) is 0 Å². The number of halogens is 4. The fourth-order valence-corrected chi connectivity index (χ4v) is 3.22. The Labute approximate surface area is 158 Å². The number of H-pyrrole nitrogens is 1. The van der Waals surface area contributed by atoms with Gasteiger partial charge in [0.15, 0.2) is 22.0 Å². The van der Waals surface area contributed by atoms with E-state index in [9.17, 15) is 13.2 Å². The summed E-state index contributed by atoms with van der Waals surface area (Å²) in [5.74, 6) is -3.42. The monoisotopic (exact) mass is 432 g/mol. The average molecular weight is 433 g/mol. The molecule has 0 radical (unpaired) electrons. The normalized spacial score (nSPS) is 11.1. The lowest BCUT2D eigenvalue weighted by molar-refractivity contribution is 0.498. The summed E-state index contributed by atoms with van der Waals surface area (Å²) in [6, 6.07) is 4.68. The smallest absolute Gasteiger partial charge is 0.224 e. The average Bonchev–Trinajstić information content (AvgIpc) is 3.23. The van der Waals surface area contributed by atoms with E-state index in [4.69, 9.17) is 11.0 Å². The fraction of sp³-hybridized carbons (Fsp3) is 0.0556. The van der Waals surface area contributed by atoms with Crippen molar-refractivity contribution in [1.29, 1.82) is 0 Å². The molecule has 0 fully saturated rings. The van der Waals surface area contributed by atoms with Gasteiger partial charge in [-0.2, -0.15) is 5.10 Å². The van der Waals surface area contributed by atoms with Crippen molar-refractivity contribution in [2.75, 3.05) is 0 Å². The molecule has 0 bridgehead atoms. The maximum absolute atomic E-state index is 14.4. The van der Waals surface area contributed by atoms with E-state index in [1.54, 1.807) is 19.1 Å². The number of nitrogens with zero attached hydrogens (tertiary/aromatic N) is 3. The molecule has 9 heteroatoms. The van der Waals surface area contributed by atoms with Gasteiger partial charge in [-0.05, 0) is 47.1 Å². The number of furan rings is 1. The summed E-state index contributed by atoms with van der Waals surface area (Å²) < 4.78 is 48.5. The van der Waals surface area contributed by atoms with Crippen LogP contribution in [0, 0.1) is 30.9 Å². The first kappa shape index (κ1) is 17.3. The number of pyridine rings is 1. The number of aryl methyl sites for hydroxylation is 1. The van der Waals surface area contributed by atoms with Gasteiger partial charge in [-0.25, -0.2) is 23.0 Å². The van der Waals surface area contributed by atoms with Gasteiger partial charge in [0.25, 0.3) is 0 Å². The summed E-state index contributed by atoms with van der Waals surface area (Å²) in [6.45, 7) is 9.28. The predicted molar refractivity (Wildman–Crippen MR) is 95.6 cm³/mol. The highest BCUT2D eigenvalue weighted by atomic mass is 79.9. The summed E-state index contributed by atoms with van der Waals surface area (Å²) in [4.78, 5) is 7.59. The molecule has 3 heterocycles. The van der Waals surface area contributed by atoms with Crippen LogP contribution in [-0.2, 0) is 0 Å². The molecule has 3 aromatic heterocycles. The summed E-state index contributed by atoms with van der Waals surface area (Å²) >= 11 is 3.19. The first-order valence-electron chi connectivity index (χ1n) is 7.58. The van der Waals surface area contributed by atoms with Gasteiger partial charge in [-0.15, -0.1) is 0 Å². The second-order valence-electron chi connectivity index (χ2n) is 5.65. The minimum absolute atomic E-state index is 0.169. The van der Waals surface area contributed by atoms with Crippen LogP contribution in [0.2, 0.25) is 0 Å². The molecule has 1 N–H and O–H groups in total. The number of fused-ring (bicyclic) bond motifs is 1. The van der Waals surface area contributed by atoms with Crippen LogP contribution in [0.15, 0.2) is 33.4 Å². The Morgan fingerprint density at radius 2 is 1.85 bits per heavy atom. The Morgan fingerprint density at radius 3 is 2.52 bits per heavy atom. The second-order valence-corrected chi connectivity index (χ2v) is 6.43. The molecule has 0 aliphatic carbocycles. The number of hydrogen-bond donors (Lipinski definition) is 1. The highest BCUT2D eigenvalue weighted by molar-refractivity contribution is 9.10. The van der Waals surface area contributed by atoms with E-state index in [1.807, 2.05) is 0 Å². The van der Waals surface area contributed by atoms with Gasteiger partial charge in [-0.3, -0.25) is 5.10 Å². The molecule has 0 aliphatic heterocycles. The molecule has 0 atom stereocenters. The highest BCUT2D eigenvalue weighted by Crippen LogP contribution is 2.45. The molecule has 0 amide bonds. The molecule has 0 saturated carbocycles. The number of hydrogen-bond acceptors (Lipinski definition) is 3.